The SMILES string of the molecule is CNCc1cccnc1Oc1cc(C)[nH]n1. The second-order valence-electron chi connectivity index (χ2n) is 3.49. The number of ether oxygens (including phenoxy) is 1. The van der Waals surface area contributed by atoms with Crippen molar-refractivity contribution in [1.82, 2.24) is 20.5 Å². The molecule has 0 aliphatic rings. The third-order valence-corrected chi connectivity index (χ3v) is 2.10. The van der Waals surface area contributed by atoms with Crippen LogP contribution in [0.25, 0.3) is 0 Å². The Bertz CT molecular complexity index is 467. The maximum atomic E-state index is 5.59. The van der Waals surface area contributed by atoms with E-state index in [1.54, 1.807) is 6.20 Å². The predicted octanol–water partition coefficient (Wildman–Crippen LogP) is 1.62. The summed E-state index contributed by atoms with van der Waals surface area (Å²) in [5, 5.41) is 9.89. The van der Waals surface area contributed by atoms with Gasteiger partial charge in [0.25, 0.3) is 0 Å². The Balaban J connectivity index is 2.20. The first-order valence-electron chi connectivity index (χ1n) is 5.08. The van der Waals surface area contributed by atoms with Gasteiger partial charge < -0.3 is 10.1 Å². The van der Waals surface area contributed by atoms with E-state index in [4.69, 9.17) is 4.74 Å². The summed E-state index contributed by atoms with van der Waals surface area (Å²) in [5.74, 6) is 1.12. The van der Waals surface area contributed by atoms with Crippen LogP contribution in [0.15, 0.2) is 24.4 Å². The van der Waals surface area contributed by atoms with Gasteiger partial charge in [0.05, 0.1) is 0 Å². The normalized spacial score (nSPS) is 10.4. The summed E-state index contributed by atoms with van der Waals surface area (Å²) >= 11 is 0. The molecule has 0 aliphatic heterocycles. The van der Waals surface area contributed by atoms with Gasteiger partial charge in [0, 0.05) is 30.1 Å². The Morgan fingerprint density at radius 1 is 1.50 bits per heavy atom. The minimum Gasteiger partial charge on any atom is -0.419 e. The third-order valence-electron chi connectivity index (χ3n) is 2.10. The van der Waals surface area contributed by atoms with E-state index in [1.807, 2.05) is 32.2 Å². The zero-order chi connectivity index (χ0) is 11.4. The lowest BCUT2D eigenvalue weighted by atomic mass is 10.3. The molecule has 0 saturated carbocycles. The molecule has 0 aliphatic carbocycles. The average Bonchev–Trinajstić information content (AvgIpc) is 2.67. The van der Waals surface area contributed by atoms with Gasteiger partial charge >= 0.3 is 0 Å². The summed E-state index contributed by atoms with van der Waals surface area (Å²) in [6.07, 6.45) is 1.70. The summed E-state index contributed by atoms with van der Waals surface area (Å²) in [5.41, 5.74) is 1.96. The van der Waals surface area contributed by atoms with E-state index in [-0.39, 0.29) is 0 Å². The molecule has 0 aromatic carbocycles. The van der Waals surface area contributed by atoms with Crippen molar-refractivity contribution in [3.8, 4) is 11.8 Å². The average molecular weight is 218 g/mol. The minimum absolute atomic E-state index is 0.536. The Morgan fingerprint density at radius 3 is 3.06 bits per heavy atom. The van der Waals surface area contributed by atoms with E-state index in [0.717, 1.165) is 11.3 Å². The maximum Gasteiger partial charge on any atom is 0.240 e. The summed E-state index contributed by atoms with van der Waals surface area (Å²) in [6.45, 7) is 2.64. The standard InChI is InChI=1S/C11H14N4O/c1-8-6-10(15-14-8)16-11-9(7-12-2)4-3-5-13-11/h3-6,12H,7H2,1-2H3,(H,14,15). The molecule has 16 heavy (non-hydrogen) atoms. The lowest BCUT2D eigenvalue weighted by molar-refractivity contribution is 0.436. The van der Waals surface area contributed by atoms with Crippen LogP contribution in [0, 0.1) is 6.92 Å². The molecule has 0 atom stereocenters. The lowest BCUT2D eigenvalue weighted by Gasteiger charge is -2.06. The zero-order valence-corrected chi connectivity index (χ0v) is 9.32. The van der Waals surface area contributed by atoms with Crippen LogP contribution in [-0.2, 0) is 6.54 Å². The van der Waals surface area contributed by atoms with Crippen molar-refractivity contribution in [1.29, 1.82) is 0 Å². The lowest BCUT2D eigenvalue weighted by Crippen LogP contribution is -2.07. The van der Waals surface area contributed by atoms with Crippen LogP contribution in [0.3, 0.4) is 0 Å². The summed E-state index contributed by atoms with van der Waals surface area (Å²) in [4.78, 5) is 4.19. The molecule has 0 unspecified atom stereocenters. The smallest absolute Gasteiger partial charge is 0.240 e. The van der Waals surface area contributed by atoms with Gasteiger partial charge in [-0.2, -0.15) is 0 Å². The minimum atomic E-state index is 0.536. The van der Waals surface area contributed by atoms with Crippen LogP contribution < -0.4 is 10.1 Å². The topological polar surface area (TPSA) is 62.8 Å². The van der Waals surface area contributed by atoms with E-state index in [1.165, 1.54) is 0 Å². The van der Waals surface area contributed by atoms with Gasteiger partial charge in [0.2, 0.25) is 11.8 Å². The highest BCUT2D eigenvalue weighted by Gasteiger charge is 2.06. The van der Waals surface area contributed by atoms with Crippen molar-refractivity contribution in [3.63, 3.8) is 0 Å². The summed E-state index contributed by atoms with van der Waals surface area (Å²) in [7, 11) is 1.88. The number of rotatable bonds is 4. The Labute approximate surface area is 93.9 Å². The molecule has 2 aromatic heterocycles. The number of pyridine rings is 1. The molecule has 5 nitrogen and oxygen atoms in total. The van der Waals surface area contributed by atoms with Crippen LogP contribution in [-0.4, -0.2) is 22.2 Å². The van der Waals surface area contributed by atoms with Gasteiger partial charge in [0.15, 0.2) is 0 Å². The largest absolute Gasteiger partial charge is 0.419 e. The van der Waals surface area contributed by atoms with Crippen LogP contribution in [0.2, 0.25) is 0 Å². The highest BCUT2D eigenvalue weighted by molar-refractivity contribution is 5.29. The van der Waals surface area contributed by atoms with Gasteiger partial charge in [-0.25, -0.2) is 4.98 Å². The van der Waals surface area contributed by atoms with E-state index in [9.17, 15) is 0 Å². The van der Waals surface area contributed by atoms with Gasteiger partial charge in [0.1, 0.15) is 0 Å². The van der Waals surface area contributed by atoms with Crippen LogP contribution in [0.1, 0.15) is 11.3 Å². The molecule has 2 N–H and O–H groups in total. The molecule has 0 bridgehead atoms. The summed E-state index contributed by atoms with van der Waals surface area (Å²) in [6, 6.07) is 5.69. The number of aromatic amines is 1. The molecule has 2 heterocycles. The summed E-state index contributed by atoms with van der Waals surface area (Å²) < 4.78 is 5.59. The quantitative estimate of drug-likeness (QED) is 0.818. The van der Waals surface area contributed by atoms with Gasteiger partial charge in [-0.05, 0) is 20.0 Å². The first-order chi connectivity index (χ1) is 7.79. The molecular formula is C11H14N4O. The van der Waals surface area contributed by atoms with E-state index in [2.05, 4.69) is 20.5 Å². The second kappa shape index (κ2) is 4.76. The first kappa shape index (κ1) is 10.6. The third kappa shape index (κ3) is 2.38. The van der Waals surface area contributed by atoms with Crippen LogP contribution in [0.4, 0.5) is 0 Å². The molecule has 84 valence electrons. The molecular weight excluding hydrogens is 204 g/mol. The Morgan fingerprint density at radius 2 is 2.38 bits per heavy atom. The monoisotopic (exact) mass is 218 g/mol. The van der Waals surface area contributed by atoms with Gasteiger partial charge in [-0.3, -0.25) is 5.10 Å². The number of nitrogens with zero attached hydrogens (tertiary/aromatic N) is 2. The van der Waals surface area contributed by atoms with Crippen LogP contribution >= 0.6 is 0 Å². The molecule has 0 amide bonds. The Kier molecular flexibility index (Phi) is 3.16. The number of aryl methyl sites for hydroxylation is 1. The van der Waals surface area contributed by atoms with Crippen molar-refractivity contribution in [3.05, 3.63) is 35.7 Å². The van der Waals surface area contributed by atoms with Crippen molar-refractivity contribution in [2.75, 3.05) is 7.05 Å². The fourth-order valence-electron chi connectivity index (χ4n) is 1.39. The highest BCUT2D eigenvalue weighted by Crippen LogP contribution is 2.21. The molecule has 5 heteroatoms. The molecule has 0 saturated heterocycles. The number of nitrogens with one attached hydrogen (secondary N) is 2. The second-order valence-corrected chi connectivity index (χ2v) is 3.49. The Hall–Kier alpha value is -1.88. The first-order valence-corrected chi connectivity index (χ1v) is 5.08. The van der Waals surface area contributed by atoms with Crippen LogP contribution in [0.5, 0.6) is 11.8 Å². The molecule has 0 spiro atoms. The van der Waals surface area contributed by atoms with E-state index < -0.39 is 0 Å². The van der Waals surface area contributed by atoms with Gasteiger partial charge in [-0.1, -0.05) is 6.07 Å². The maximum absolute atomic E-state index is 5.59. The number of H-pyrrole nitrogens is 1. The number of hydrogen-bond acceptors (Lipinski definition) is 4. The van der Waals surface area contributed by atoms with E-state index in [0.29, 0.717) is 18.3 Å². The van der Waals surface area contributed by atoms with Gasteiger partial charge in [-0.15, -0.1) is 5.10 Å². The zero-order valence-electron chi connectivity index (χ0n) is 9.32. The number of aromatic nitrogens is 3. The fraction of sp³-hybridized carbons (Fsp3) is 0.273. The van der Waals surface area contributed by atoms with Crippen molar-refractivity contribution < 1.29 is 4.74 Å². The van der Waals surface area contributed by atoms with Crippen molar-refractivity contribution in [2.45, 2.75) is 13.5 Å². The molecule has 0 radical (unpaired) electrons. The van der Waals surface area contributed by atoms with E-state index >= 15 is 0 Å². The molecule has 0 fully saturated rings. The highest BCUT2D eigenvalue weighted by atomic mass is 16.5. The molecule has 2 aromatic rings. The van der Waals surface area contributed by atoms with Crippen molar-refractivity contribution >= 4 is 0 Å². The molecule has 2 rings (SSSR count). The fourth-order valence-corrected chi connectivity index (χ4v) is 1.39. The predicted molar refractivity (Wildman–Crippen MR) is 60.4 cm³/mol. The van der Waals surface area contributed by atoms with Crippen molar-refractivity contribution in [2.24, 2.45) is 0 Å². The number of hydrogen-bond donors (Lipinski definition) is 2.